The van der Waals surface area contributed by atoms with Crippen LogP contribution in [0.25, 0.3) is 0 Å². The Balaban J connectivity index is 1.57. The van der Waals surface area contributed by atoms with Crippen molar-refractivity contribution in [1.29, 1.82) is 0 Å². The summed E-state index contributed by atoms with van der Waals surface area (Å²) < 4.78 is 3.72. The third-order valence-corrected chi connectivity index (χ3v) is 5.19. The summed E-state index contributed by atoms with van der Waals surface area (Å²) in [5.74, 6) is 0.626. The number of rotatable bonds is 6. The molecule has 0 atom stereocenters. The average molecular weight is 373 g/mol. The van der Waals surface area contributed by atoms with Gasteiger partial charge < -0.3 is 4.90 Å². The molecule has 3 rings (SSSR count). The maximum absolute atomic E-state index is 12.9. The number of aryl methyl sites for hydroxylation is 3. The molecule has 7 nitrogen and oxygen atoms in total. The van der Waals surface area contributed by atoms with Crippen molar-refractivity contribution in [3.05, 3.63) is 34.9 Å². The molecule has 1 amide bonds. The molecule has 0 aromatic carbocycles. The lowest BCUT2D eigenvalue weighted by atomic mass is 10.1. The Hall–Kier alpha value is -2.15. The third-order valence-electron chi connectivity index (χ3n) is 5.19. The number of hydrogen-bond donors (Lipinski definition) is 0. The zero-order chi connectivity index (χ0) is 19.6. The molecule has 0 N–H and O–H groups in total. The number of nitrogens with zero attached hydrogens (tertiary/aromatic N) is 6. The van der Waals surface area contributed by atoms with Gasteiger partial charge in [-0.3, -0.25) is 19.1 Å². The first-order valence-corrected chi connectivity index (χ1v) is 9.94. The molecule has 148 valence electrons. The van der Waals surface area contributed by atoms with Crippen LogP contribution in [0.4, 0.5) is 0 Å². The third kappa shape index (κ3) is 4.58. The van der Waals surface area contributed by atoms with E-state index in [0.29, 0.717) is 11.6 Å². The standard InChI is InChI=1S/C20H32N6O/c1-6-26-14-17(16(4)21-26)13-24-7-9-25(10-8-24)20(27)19-12-18(11-15(2)3)22-23(19)5/h12,14-15H,6-11,13H2,1-5H3. The molecule has 7 heteroatoms. The quantitative estimate of drug-likeness (QED) is 0.779. The van der Waals surface area contributed by atoms with Crippen LogP contribution in [0, 0.1) is 12.8 Å². The van der Waals surface area contributed by atoms with Crippen LogP contribution in [-0.2, 0) is 26.6 Å². The topological polar surface area (TPSA) is 59.2 Å². The van der Waals surface area contributed by atoms with E-state index in [-0.39, 0.29) is 5.91 Å². The molecule has 1 fully saturated rings. The van der Waals surface area contributed by atoms with E-state index in [9.17, 15) is 4.79 Å². The maximum atomic E-state index is 12.9. The van der Waals surface area contributed by atoms with Crippen molar-refractivity contribution < 1.29 is 4.79 Å². The maximum Gasteiger partial charge on any atom is 0.272 e. The van der Waals surface area contributed by atoms with Gasteiger partial charge in [0.15, 0.2) is 0 Å². The van der Waals surface area contributed by atoms with E-state index in [1.54, 1.807) is 4.68 Å². The summed E-state index contributed by atoms with van der Waals surface area (Å²) in [4.78, 5) is 17.3. The van der Waals surface area contributed by atoms with Gasteiger partial charge in [-0.15, -0.1) is 0 Å². The summed E-state index contributed by atoms with van der Waals surface area (Å²) >= 11 is 0. The lowest BCUT2D eigenvalue weighted by Crippen LogP contribution is -2.48. The number of hydrogen-bond acceptors (Lipinski definition) is 4. The van der Waals surface area contributed by atoms with Crippen LogP contribution >= 0.6 is 0 Å². The highest BCUT2D eigenvalue weighted by molar-refractivity contribution is 5.92. The van der Waals surface area contributed by atoms with Crippen molar-refractivity contribution in [1.82, 2.24) is 29.4 Å². The number of amides is 1. The number of aromatic nitrogens is 4. The fourth-order valence-electron chi connectivity index (χ4n) is 3.63. The molecule has 0 saturated carbocycles. The predicted octanol–water partition coefficient (Wildman–Crippen LogP) is 2.10. The molecule has 3 heterocycles. The van der Waals surface area contributed by atoms with Gasteiger partial charge in [-0.2, -0.15) is 10.2 Å². The first-order chi connectivity index (χ1) is 12.9. The van der Waals surface area contributed by atoms with Gasteiger partial charge in [0.25, 0.3) is 5.91 Å². The van der Waals surface area contributed by atoms with E-state index in [1.165, 1.54) is 5.56 Å². The van der Waals surface area contributed by atoms with Crippen molar-refractivity contribution in [2.45, 2.75) is 47.2 Å². The van der Waals surface area contributed by atoms with Crippen LogP contribution in [0.1, 0.15) is 48.2 Å². The second kappa shape index (κ2) is 8.25. The van der Waals surface area contributed by atoms with Gasteiger partial charge in [0.05, 0.1) is 11.4 Å². The Bertz CT molecular complexity index is 782. The van der Waals surface area contributed by atoms with Crippen LogP contribution in [0.5, 0.6) is 0 Å². The Morgan fingerprint density at radius 3 is 2.48 bits per heavy atom. The van der Waals surface area contributed by atoms with E-state index in [4.69, 9.17) is 0 Å². The Morgan fingerprint density at radius 1 is 1.19 bits per heavy atom. The van der Waals surface area contributed by atoms with Gasteiger partial charge in [0.1, 0.15) is 5.69 Å². The number of carbonyl (C=O) groups excluding carboxylic acids is 1. The zero-order valence-corrected chi connectivity index (χ0v) is 17.3. The van der Waals surface area contributed by atoms with Gasteiger partial charge in [0, 0.05) is 58.1 Å². The summed E-state index contributed by atoms with van der Waals surface area (Å²) in [6, 6.07) is 1.96. The zero-order valence-electron chi connectivity index (χ0n) is 17.3. The highest BCUT2D eigenvalue weighted by Gasteiger charge is 2.25. The Kier molecular flexibility index (Phi) is 5.99. The van der Waals surface area contributed by atoms with Gasteiger partial charge in [0.2, 0.25) is 0 Å². The monoisotopic (exact) mass is 372 g/mol. The predicted molar refractivity (Wildman–Crippen MR) is 106 cm³/mol. The molecule has 27 heavy (non-hydrogen) atoms. The first kappa shape index (κ1) is 19.6. The average Bonchev–Trinajstić information content (AvgIpc) is 3.16. The molecule has 1 aliphatic rings. The number of piperazine rings is 1. The molecule has 0 spiro atoms. The molecule has 0 aliphatic carbocycles. The largest absolute Gasteiger partial charge is 0.335 e. The summed E-state index contributed by atoms with van der Waals surface area (Å²) in [7, 11) is 1.86. The highest BCUT2D eigenvalue weighted by atomic mass is 16.2. The molecule has 1 aliphatic heterocycles. The second-order valence-corrected chi connectivity index (χ2v) is 7.91. The molecule has 2 aromatic rings. The highest BCUT2D eigenvalue weighted by Crippen LogP contribution is 2.15. The van der Waals surface area contributed by atoms with Crippen LogP contribution in [0.15, 0.2) is 12.3 Å². The minimum Gasteiger partial charge on any atom is -0.335 e. The van der Waals surface area contributed by atoms with E-state index < -0.39 is 0 Å². The minimum absolute atomic E-state index is 0.0923. The van der Waals surface area contributed by atoms with Crippen molar-refractivity contribution in [3.63, 3.8) is 0 Å². The van der Waals surface area contributed by atoms with Gasteiger partial charge in [-0.25, -0.2) is 0 Å². The van der Waals surface area contributed by atoms with Crippen molar-refractivity contribution in [2.75, 3.05) is 26.2 Å². The van der Waals surface area contributed by atoms with E-state index in [1.807, 2.05) is 22.7 Å². The summed E-state index contributed by atoms with van der Waals surface area (Å²) in [6.07, 6.45) is 3.04. The van der Waals surface area contributed by atoms with Gasteiger partial charge in [-0.1, -0.05) is 13.8 Å². The summed E-state index contributed by atoms with van der Waals surface area (Å²) in [6.45, 7) is 13.6. The molecule has 0 unspecified atom stereocenters. The lowest BCUT2D eigenvalue weighted by Gasteiger charge is -2.34. The molecule has 0 bridgehead atoms. The molecular weight excluding hydrogens is 340 g/mol. The minimum atomic E-state index is 0.0923. The van der Waals surface area contributed by atoms with Crippen LogP contribution in [0.2, 0.25) is 0 Å². The molecule has 0 radical (unpaired) electrons. The summed E-state index contributed by atoms with van der Waals surface area (Å²) in [5, 5.41) is 9.03. The van der Waals surface area contributed by atoms with Crippen molar-refractivity contribution in [3.8, 4) is 0 Å². The summed E-state index contributed by atoms with van der Waals surface area (Å²) in [5.41, 5.74) is 4.07. The second-order valence-electron chi connectivity index (χ2n) is 7.91. The van der Waals surface area contributed by atoms with E-state index in [2.05, 4.69) is 49.0 Å². The van der Waals surface area contributed by atoms with Crippen molar-refractivity contribution in [2.24, 2.45) is 13.0 Å². The Morgan fingerprint density at radius 2 is 1.89 bits per heavy atom. The lowest BCUT2D eigenvalue weighted by molar-refractivity contribution is 0.0617. The van der Waals surface area contributed by atoms with Gasteiger partial charge in [-0.05, 0) is 32.3 Å². The molecule has 1 saturated heterocycles. The van der Waals surface area contributed by atoms with Crippen LogP contribution in [0.3, 0.4) is 0 Å². The fourth-order valence-corrected chi connectivity index (χ4v) is 3.63. The molecular formula is C20H32N6O. The SMILES string of the molecule is CCn1cc(CN2CCN(C(=O)c3cc(CC(C)C)nn3C)CC2)c(C)n1. The molecule has 2 aromatic heterocycles. The normalized spacial score (nSPS) is 15.7. The van der Waals surface area contributed by atoms with Crippen LogP contribution < -0.4 is 0 Å². The number of carbonyl (C=O) groups is 1. The first-order valence-electron chi connectivity index (χ1n) is 9.94. The van der Waals surface area contributed by atoms with Crippen LogP contribution in [-0.4, -0.2) is 61.4 Å². The van der Waals surface area contributed by atoms with Crippen molar-refractivity contribution >= 4 is 5.91 Å². The van der Waals surface area contributed by atoms with Gasteiger partial charge >= 0.3 is 0 Å². The Labute approximate surface area is 161 Å². The van der Waals surface area contributed by atoms with E-state index >= 15 is 0 Å². The van der Waals surface area contributed by atoms with E-state index in [0.717, 1.165) is 57.1 Å². The fraction of sp³-hybridized carbons (Fsp3) is 0.650. The smallest absolute Gasteiger partial charge is 0.272 e.